The predicted molar refractivity (Wildman–Crippen MR) is 84.2 cm³/mol. The minimum atomic E-state index is 0.0518. The van der Waals surface area contributed by atoms with Crippen molar-refractivity contribution in [2.24, 2.45) is 5.92 Å². The van der Waals surface area contributed by atoms with Crippen LogP contribution in [0.5, 0.6) is 5.75 Å². The molecule has 0 spiro atoms. The number of anilines is 1. The van der Waals surface area contributed by atoms with E-state index in [0.29, 0.717) is 24.7 Å². The van der Waals surface area contributed by atoms with Crippen LogP contribution in [0.25, 0.3) is 0 Å². The fourth-order valence-electron chi connectivity index (χ4n) is 2.39. The summed E-state index contributed by atoms with van der Waals surface area (Å²) in [4.78, 5) is 12.0. The summed E-state index contributed by atoms with van der Waals surface area (Å²) < 4.78 is 6.45. The molecule has 1 atom stereocenters. The van der Waals surface area contributed by atoms with Crippen LogP contribution in [0.4, 0.5) is 5.69 Å². The molecule has 1 aromatic carbocycles. The van der Waals surface area contributed by atoms with E-state index in [9.17, 15) is 4.79 Å². The Balaban J connectivity index is 1.90. The fraction of sp³-hybridized carbons (Fsp3) is 0.533. The van der Waals surface area contributed by atoms with Crippen LogP contribution in [0.1, 0.15) is 26.2 Å². The zero-order chi connectivity index (χ0) is 14.4. The first-order valence-corrected chi connectivity index (χ1v) is 7.91. The number of halogens is 1. The van der Waals surface area contributed by atoms with Gasteiger partial charge in [-0.1, -0.05) is 15.9 Å². The van der Waals surface area contributed by atoms with E-state index in [0.717, 1.165) is 29.7 Å². The Kier molecular flexibility index (Phi) is 5.86. The highest BCUT2D eigenvalue weighted by Gasteiger charge is 2.16. The molecule has 0 saturated carbocycles. The molecule has 1 amide bonds. The molecule has 0 bridgehead atoms. The largest absolute Gasteiger partial charge is 0.492 e. The van der Waals surface area contributed by atoms with E-state index in [1.54, 1.807) is 0 Å². The highest BCUT2D eigenvalue weighted by molar-refractivity contribution is 9.10. The molecule has 5 heteroatoms. The van der Waals surface area contributed by atoms with Gasteiger partial charge in [-0.2, -0.15) is 0 Å². The maximum Gasteiger partial charge on any atom is 0.224 e. The van der Waals surface area contributed by atoms with Crippen LogP contribution in [-0.4, -0.2) is 25.6 Å². The van der Waals surface area contributed by atoms with E-state index in [4.69, 9.17) is 4.74 Å². The van der Waals surface area contributed by atoms with E-state index in [1.165, 1.54) is 6.42 Å². The van der Waals surface area contributed by atoms with E-state index < -0.39 is 0 Å². The summed E-state index contributed by atoms with van der Waals surface area (Å²) in [5, 5.41) is 6.27. The van der Waals surface area contributed by atoms with Gasteiger partial charge in [-0.05, 0) is 57.0 Å². The quantitative estimate of drug-likeness (QED) is 0.836. The maximum absolute atomic E-state index is 12.0. The van der Waals surface area contributed by atoms with Gasteiger partial charge in [0.05, 0.1) is 12.3 Å². The van der Waals surface area contributed by atoms with Crippen molar-refractivity contribution in [3.8, 4) is 5.75 Å². The van der Waals surface area contributed by atoms with Gasteiger partial charge in [0.25, 0.3) is 0 Å². The first-order chi connectivity index (χ1) is 9.69. The second-order valence-electron chi connectivity index (χ2n) is 5.02. The molecule has 0 aromatic heterocycles. The highest BCUT2D eigenvalue weighted by atomic mass is 79.9. The summed E-state index contributed by atoms with van der Waals surface area (Å²) in [5.41, 5.74) is 0.732. The van der Waals surface area contributed by atoms with Crippen molar-refractivity contribution < 1.29 is 9.53 Å². The normalized spacial score (nSPS) is 18.0. The predicted octanol–water partition coefficient (Wildman–Crippen LogP) is 3.18. The highest BCUT2D eigenvalue weighted by Crippen LogP contribution is 2.28. The summed E-state index contributed by atoms with van der Waals surface area (Å²) in [6, 6.07) is 5.65. The Morgan fingerprint density at radius 3 is 3.10 bits per heavy atom. The monoisotopic (exact) mass is 340 g/mol. The molecule has 1 aliphatic heterocycles. The molecule has 1 unspecified atom stereocenters. The average molecular weight is 341 g/mol. The van der Waals surface area contributed by atoms with E-state index in [2.05, 4.69) is 26.6 Å². The summed E-state index contributed by atoms with van der Waals surface area (Å²) in [7, 11) is 0. The van der Waals surface area contributed by atoms with Crippen molar-refractivity contribution in [3.63, 3.8) is 0 Å². The molecule has 110 valence electrons. The average Bonchev–Trinajstić information content (AvgIpc) is 2.93. The van der Waals surface area contributed by atoms with E-state index >= 15 is 0 Å². The molecule has 1 aliphatic rings. The zero-order valence-electron chi connectivity index (χ0n) is 11.7. The minimum absolute atomic E-state index is 0.0518. The minimum Gasteiger partial charge on any atom is -0.492 e. The Labute approximate surface area is 128 Å². The molecule has 0 radical (unpaired) electrons. The van der Waals surface area contributed by atoms with Crippen LogP contribution in [0.3, 0.4) is 0 Å². The van der Waals surface area contributed by atoms with Crippen LogP contribution < -0.4 is 15.4 Å². The van der Waals surface area contributed by atoms with Crippen LogP contribution in [0.15, 0.2) is 22.7 Å². The standard InChI is InChI=1S/C15H21BrN2O2/c1-2-20-14-5-4-12(16)9-13(14)18-15(19)6-3-11-7-8-17-10-11/h4-5,9,11,17H,2-3,6-8,10H2,1H3,(H,18,19). The Morgan fingerprint density at radius 1 is 1.55 bits per heavy atom. The van der Waals surface area contributed by atoms with Crippen LogP contribution in [-0.2, 0) is 4.79 Å². The van der Waals surface area contributed by atoms with Gasteiger partial charge in [0.15, 0.2) is 0 Å². The molecule has 0 aliphatic carbocycles. The van der Waals surface area contributed by atoms with Crippen molar-refractivity contribution in [2.75, 3.05) is 25.0 Å². The third kappa shape index (κ3) is 4.49. The SMILES string of the molecule is CCOc1ccc(Br)cc1NC(=O)CCC1CCNC1. The van der Waals surface area contributed by atoms with Gasteiger partial charge in [0.1, 0.15) is 5.75 Å². The Morgan fingerprint density at radius 2 is 2.40 bits per heavy atom. The topological polar surface area (TPSA) is 50.4 Å². The molecule has 20 heavy (non-hydrogen) atoms. The van der Waals surface area contributed by atoms with Gasteiger partial charge in [0, 0.05) is 10.9 Å². The number of carbonyl (C=O) groups is 1. The van der Waals surface area contributed by atoms with Crippen molar-refractivity contribution in [1.29, 1.82) is 0 Å². The molecule has 1 saturated heterocycles. The number of amides is 1. The second-order valence-corrected chi connectivity index (χ2v) is 5.93. The van der Waals surface area contributed by atoms with Crippen molar-refractivity contribution >= 4 is 27.5 Å². The van der Waals surface area contributed by atoms with Crippen molar-refractivity contribution in [3.05, 3.63) is 22.7 Å². The lowest BCUT2D eigenvalue weighted by Crippen LogP contribution is -2.15. The first kappa shape index (κ1) is 15.3. The van der Waals surface area contributed by atoms with Gasteiger partial charge in [-0.3, -0.25) is 4.79 Å². The van der Waals surface area contributed by atoms with Gasteiger partial charge in [-0.15, -0.1) is 0 Å². The van der Waals surface area contributed by atoms with Gasteiger partial charge in [-0.25, -0.2) is 0 Å². The maximum atomic E-state index is 12.0. The Hall–Kier alpha value is -1.07. The summed E-state index contributed by atoms with van der Waals surface area (Å²) in [5.74, 6) is 1.40. The number of hydrogen-bond donors (Lipinski definition) is 2. The molecule has 2 rings (SSSR count). The van der Waals surface area contributed by atoms with Crippen molar-refractivity contribution in [2.45, 2.75) is 26.2 Å². The summed E-state index contributed by atoms with van der Waals surface area (Å²) in [6.07, 6.45) is 2.68. The third-order valence-corrected chi connectivity index (χ3v) is 3.95. The zero-order valence-corrected chi connectivity index (χ0v) is 13.3. The third-order valence-electron chi connectivity index (χ3n) is 3.46. The molecule has 1 aromatic rings. The number of hydrogen-bond acceptors (Lipinski definition) is 3. The molecule has 1 fully saturated rings. The van der Waals surface area contributed by atoms with Crippen LogP contribution >= 0.6 is 15.9 Å². The fourth-order valence-corrected chi connectivity index (χ4v) is 2.75. The van der Waals surface area contributed by atoms with Crippen LogP contribution in [0.2, 0.25) is 0 Å². The van der Waals surface area contributed by atoms with Gasteiger partial charge < -0.3 is 15.4 Å². The smallest absolute Gasteiger partial charge is 0.224 e. The number of rotatable bonds is 6. The molecule has 1 heterocycles. The van der Waals surface area contributed by atoms with Gasteiger partial charge >= 0.3 is 0 Å². The number of nitrogens with one attached hydrogen (secondary N) is 2. The molecular formula is C15H21BrN2O2. The number of ether oxygens (including phenoxy) is 1. The lowest BCUT2D eigenvalue weighted by Gasteiger charge is -2.13. The second kappa shape index (κ2) is 7.64. The lowest BCUT2D eigenvalue weighted by molar-refractivity contribution is -0.116. The number of benzene rings is 1. The van der Waals surface area contributed by atoms with Crippen LogP contribution in [0, 0.1) is 5.92 Å². The molecule has 2 N–H and O–H groups in total. The summed E-state index contributed by atoms with van der Waals surface area (Å²) >= 11 is 3.42. The molecular weight excluding hydrogens is 320 g/mol. The summed E-state index contributed by atoms with van der Waals surface area (Å²) in [6.45, 7) is 4.62. The Bertz CT molecular complexity index is 459. The number of carbonyl (C=O) groups excluding carboxylic acids is 1. The van der Waals surface area contributed by atoms with E-state index in [-0.39, 0.29) is 5.91 Å². The molecule has 4 nitrogen and oxygen atoms in total. The van der Waals surface area contributed by atoms with Crippen molar-refractivity contribution in [1.82, 2.24) is 5.32 Å². The lowest BCUT2D eigenvalue weighted by atomic mass is 10.0. The van der Waals surface area contributed by atoms with Gasteiger partial charge in [0.2, 0.25) is 5.91 Å². The first-order valence-electron chi connectivity index (χ1n) is 7.12. The van der Waals surface area contributed by atoms with E-state index in [1.807, 2.05) is 25.1 Å².